The highest BCUT2D eigenvalue weighted by Gasteiger charge is 2.31. The number of rotatable bonds is 8. The van der Waals surface area contributed by atoms with E-state index in [0.717, 1.165) is 19.3 Å². The summed E-state index contributed by atoms with van der Waals surface area (Å²) in [6.07, 6.45) is 3.58. The average molecular weight is 252 g/mol. The third kappa shape index (κ3) is 6.07. The maximum absolute atomic E-state index is 11.3. The molecule has 0 heterocycles. The van der Waals surface area contributed by atoms with E-state index in [1.165, 1.54) is 0 Å². The van der Waals surface area contributed by atoms with Crippen LogP contribution in [0.4, 0.5) is 0 Å². The first-order chi connectivity index (χ1) is 7.43. The van der Waals surface area contributed by atoms with Gasteiger partial charge in [-0.25, -0.2) is 0 Å². The second-order valence-electron chi connectivity index (χ2n) is 3.60. The van der Waals surface area contributed by atoms with Gasteiger partial charge in [0.2, 0.25) is 0 Å². The second-order valence-corrected chi connectivity index (χ2v) is 5.20. The molecular formula is C10H20O5S. The number of unbranched alkanes of at least 4 members (excludes halogenated alkanes) is 3. The fourth-order valence-corrected chi connectivity index (χ4v) is 2.16. The summed E-state index contributed by atoms with van der Waals surface area (Å²) in [6.45, 7) is 3.74. The minimum atomic E-state index is -4.35. The number of carbonyl (C=O) groups excluding carboxylic acids is 1. The molecule has 1 atom stereocenters. The molecule has 1 unspecified atom stereocenters. The van der Waals surface area contributed by atoms with E-state index >= 15 is 0 Å². The van der Waals surface area contributed by atoms with E-state index < -0.39 is 21.3 Å². The van der Waals surface area contributed by atoms with Crippen LogP contribution in [-0.2, 0) is 19.6 Å². The van der Waals surface area contributed by atoms with Gasteiger partial charge in [-0.2, -0.15) is 8.42 Å². The normalized spacial score (nSPS) is 13.4. The quantitative estimate of drug-likeness (QED) is 0.404. The summed E-state index contributed by atoms with van der Waals surface area (Å²) in [4.78, 5) is 11.3. The van der Waals surface area contributed by atoms with E-state index in [9.17, 15) is 13.2 Å². The van der Waals surface area contributed by atoms with Crippen LogP contribution in [0.5, 0.6) is 0 Å². The van der Waals surface area contributed by atoms with Gasteiger partial charge in [0, 0.05) is 0 Å². The minimum absolute atomic E-state index is 0.111. The Kier molecular flexibility index (Phi) is 7.33. The second kappa shape index (κ2) is 7.62. The van der Waals surface area contributed by atoms with Crippen LogP contribution < -0.4 is 0 Å². The molecule has 0 aliphatic carbocycles. The van der Waals surface area contributed by atoms with Crippen molar-refractivity contribution in [3.8, 4) is 0 Å². The predicted octanol–water partition coefficient (Wildman–Crippen LogP) is 1.78. The molecule has 0 bridgehead atoms. The average Bonchev–Trinajstić information content (AvgIpc) is 2.16. The summed E-state index contributed by atoms with van der Waals surface area (Å²) in [5.41, 5.74) is 0. The lowest BCUT2D eigenvalue weighted by atomic mass is 10.1. The number of hydrogen-bond acceptors (Lipinski definition) is 4. The van der Waals surface area contributed by atoms with Crippen LogP contribution in [0.3, 0.4) is 0 Å². The van der Waals surface area contributed by atoms with Crippen LogP contribution in [0, 0.1) is 0 Å². The minimum Gasteiger partial charge on any atom is -0.465 e. The van der Waals surface area contributed by atoms with Crippen molar-refractivity contribution >= 4 is 16.1 Å². The molecule has 0 aliphatic rings. The van der Waals surface area contributed by atoms with Gasteiger partial charge in [0.05, 0.1) is 6.61 Å². The first-order valence-electron chi connectivity index (χ1n) is 5.56. The molecule has 0 saturated heterocycles. The Bertz CT molecular complexity index is 296. The zero-order valence-electron chi connectivity index (χ0n) is 9.81. The zero-order valence-corrected chi connectivity index (χ0v) is 10.6. The van der Waals surface area contributed by atoms with E-state index in [1.54, 1.807) is 6.92 Å². The highest BCUT2D eigenvalue weighted by atomic mass is 32.2. The van der Waals surface area contributed by atoms with Crippen LogP contribution in [0.1, 0.15) is 46.0 Å². The molecule has 0 aromatic carbocycles. The Labute approximate surface area is 96.9 Å². The van der Waals surface area contributed by atoms with Gasteiger partial charge in [-0.1, -0.05) is 32.6 Å². The molecule has 0 spiro atoms. The standard InChI is InChI=1S/C10H20O5S/c1-3-5-6-7-8-9(16(12,13)14)10(11)15-4-2/h9H,3-8H2,1-2H3,(H,12,13,14). The lowest BCUT2D eigenvalue weighted by molar-refractivity contribution is -0.142. The van der Waals surface area contributed by atoms with Crippen LogP contribution in [0.25, 0.3) is 0 Å². The van der Waals surface area contributed by atoms with Crippen LogP contribution in [0.2, 0.25) is 0 Å². The fourth-order valence-electron chi connectivity index (χ4n) is 1.38. The maximum Gasteiger partial charge on any atom is 0.326 e. The van der Waals surface area contributed by atoms with Gasteiger partial charge in [0.1, 0.15) is 0 Å². The number of esters is 1. The van der Waals surface area contributed by atoms with Crippen LogP contribution in [0.15, 0.2) is 0 Å². The van der Waals surface area contributed by atoms with Gasteiger partial charge < -0.3 is 4.74 Å². The first-order valence-corrected chi connectivity index (χ1v) is 7.06. The molecule has 16 heavy (non-hydrogen) atoms. The Balaban J connectivity index is 4.29. The van der Waals surface area contributed by atoms with Crippen LogP contribution in [-0.4, -0.2) is 30.8 Å². The molecule has 0 aliphatic heterocycles. The Morgan fingerprint density at radius 2 is 1.88 bits per heavy atom. The molecular weight excluding hydrogens is 232 g/mol. The largest absolute Gasteiger partial charge is 0.465 e. The number of hydrogen-bond donors (Lipinski definition) is 1. The topological polar surface area (TPSA) is 80.7 Å². The van der Waals surface area contributed by atoms with Crippen molar-refractivity contribution < 1.29 is 22.5 Å². The van der Waals surface area contributed by atoms with Gasteiger partial charge in [0.25, 0.3) is 10.1 Å². The van der Waals surface area contributed by atoms with Gasteiger partial charge in [-0.05, 0) is 13.3 Å². The Morgan fingerprint density at radius 1 is 1.25 bits per heavy atom. The molecule has 0 aromatic heterocycles. The van der Waals surface area contributed by atoms with Crippen molar-refractivity contribution in [2.45, 2.75) is 51.2 Å². The highest BCUT2D eigenvalue weighted by molar-refractivity contribution is 7.87. The molecule has 0 amide bonds. The molecule has 96 valence electrons. The van der Waals surface area contributed by atoms with Crippen molar-refractivity contribution in [1.82, 2.24) is 0 Å². The number of ether oxygens (including phenoxy) is 1. The van der Waals surface area contributed by atoms with Crippen molar-refractivity contribution in [3.05, 3.63) is 0 Å². The van der Waals surface area contributed by atoms with E-state index in [4.69, 9.17) is 4.55 Å². The van der Waals surface area contributed by atoms with Crippen molar-refractivity contribution in [2.75, 3.05) is 6.61 Å². The summed E-state index contributed by atoms with van der Waals surface area (Å²) in [7, 11) is -4.35. The summed E-state index contributed by atoms with van der Waals surface area (Å²) in [6, 6.07) is 0. The molecule has 5 nitrogen and oxygen atoms in total. The van der Waals surface area contributed by atoms with E-state index in [-0.39, 0.29) is 13.0 Å². The molecule has 0 rings (SSSR count). The molecule has 0 fully saturated rings. The first kappa shape index (κ1) is 15.4. The highest BCUT2D eigenvalue weighted by Crippen LogP contribution is 2.13. The maximum atomic E-state index is 11.3. The zero-order chi connectivity index (χ0) is 12.6. The van der Waals surface area contributed by atoms with Gasteiger partial charge in [0.15, 0.2) is 5.25 Å². The lowest BCUT2D eigenvalue weighted by Crippen LogP contribution is -2.31. The molecule has 0 radical (unpaired) electrons. The summed E-state index contributed by atoms with van der Waals surface area (Å²) < 4.78 is 35.4. The third-order valence-electron chi connectivity index (χ3n) is 2.23. The van der Waals surface area contributed by atoms with E-state index in [1.807, 2.05) is 6.92 Å². The van der Waals surface area contributed by atoms with Crippen molar-refractivity contribution in [2.24, 2.45) is 0 Å². The Hall–Kier alpha value is -0.620. The number of carbonyl (C=O) groups is 1. The monoisotopic (exact) mass is 252 g/mol. The summed E-state index contributed by atoms with van der Waals surface area (Å²) in [5, 5.41) is -1.43. The van der Waals surface area contributed by atoms with Gasteiger partial charge in [-0.15, -0.1) is 0 Å². The molecule has 6 heteroatoms. The third-order valence-corrected chi connectivity index (χ3v) is 3.38. The molecule has 0 saturated carbocycles. The predicted molar refractivity (Wildman–Crippen MR) is 60.7 cm³/mol. The lowest BCUT2D eigenvalue weighted by Gasteiger charge is -2.12. The molecule has 0 aromatic rings. The van der Waals surface area contributed by atoms with E-state index in [2.05, 4.69) is 4.74 Å². The van der Waals surface area contributed by atoms with Gasteiger partial charge >= 0.3 is 5.97 Å². The SMILES string of the molecule is CCCCCCC(C(=O)OCC)S(=O)(=O)O. The Morgan fingerprint density at radius 3 is 2.31 bits per heavy atom. The molecule has 1 N–H and O–H groups in total. The smallest absolute Gasteiger partial charge is 0.326 e. The van der Waals surface area contributed by atoms with Crippen molar-refractivity contribution in [3.63, 3.8) is 0 Å². The van der Waals surface area contributed by atoms with Gasteiger partial charge in [-0.3, -0.25) is 9.35 Å². The summed E-state index contributed by atoms with van der Waals surface area (Å²) in [5.74, 6) is -0.860. The summed E-state index contributed by atoms with van der Waals surface area (Å²) >= 11 is 0. The van der Waals surface area contributed by atoms with Crippen LogP contribution >= 0.6 is 0 Å². The van der Waals surface area contributed by atoms with E-state index in [0.29, 0.717) is 6.42 Å². The fraction of sp³-hybridized carbons (Fsp3) is 0.900. The van der Waals surface area contributed by atoms with Crippen molar-refractivity contribution in [1.29, 1.82) is 0 Å².